The summed E-state index contributed by atoms with van der Waals surface area (Å²) in [6.45, 7) is 21.3. The van der Waals surface area contributed by atoms with Crippen LogP contribution in [0.4, 0.5) is 30.7 Å². The second kappa shape index (κ2) is 34.6. The Labute approximate surface area is 758 Å². The third-order valence-corrected chi connectivity index (χ3v) is 25.2. The molecule has 0 saturated heterocycles. The molecule has 19 heteroatoms. The van der Waals surface area contributed by atoms with Crippen molar-refractivity contribution in [3.8, 4) is 90.6 Å². The molecule has 0 spiro atoms. The first-order valence-corrected chi connectivity index (χ1v) is 44.0. The molecule has 0 fully saturated rings. The highest BCUT2D eigenvalue weighted by Gasteiger charge is 2.36. The van der Waals surface area contributed by atoms with Crippen molar-refractivity contribution in [2.45, 2.75) is 87.0 Å². The minimum absolute atomic E-state index is 0.208. The fourth-order valence-corrected chi connectivity index (χ4v) is 18.9. The number of hydrogen-bond acceptors (Lipinski definition) is 4. The molecule has 0 atom stereocenters. The lowest BCUT2D eigenvalue weighted by molar-refractivity contribution is -0.659. The van der Waals surface area contributed by atoms with E-state index in [1.165, 1.54) is 47.0 Å². The van der Waals surface area contributed by atoms with Crippen molar-refractivity contribution >= 4 is 87.8 Å². The van der Waals surface area contributed by atoms with Crippen molar-refractivity contribution in [1.29, 1.82) is 0 Å². The number of imidazole rings is 4. The van der Waals surface area contributed by atoms with Gasteiger partial charge in [-0.1, -0.05) is 224 Å². The molecule has 0 radical (unpaired) electrons. The normalized spacial score (nSPS) is 11.7. The van der Waals surface area contributed by atoms with Gasteiger partial charge < -0.3 is 17.7 Å². The van der Waals surface area contributed by atoms with E-state index in [4.69, 9.17) is 17.7 Å². The third kappa shape index (κ3) is 15.1. The Hall–Kier alpha value is -15.4. The predicted octanol–water partition coefficient (Wildman–Crippen LogP) is 28.4. The van der Waals surface area contributed by atoms with E-state index >= 15 is 0 Å². The lowest BCUT2D eigenvalue weighted by Crippen LogP contribution is -2.29. The van der Waals surface area contributed by atoms with Gasteiger partial charge >= 0.3 is 0 Å². The van der Waals surface area contributed by atoms with E-state index in [9.17, 15) is 30.7 Å². The van der Waals surface area contributed by atoms with Crippen LogP contribution >= 0.6 is 0 Å². The first kappa shape index (κ1) is 86.0. The minimum atomic E-state index is -0.652. The van der Waals surface area contributed by atoms with Crippen LogP contribution in [0.25, 0.3) is 178 Å². The van der Waals surface area contributed by atoms with Gasteiger partial charge in [0.1, 0.15) is 158 Å². The highest BCUT2D eigenvalue weighted by Crippen LogP contribution is 2.47. The van der Waals surface area contributed by atoms with E-state index in [0.29, 0.717) is 72.4 Å². The summed E-state index contributed by atoms with van der Waals surface area (Å²) in [6.07, 6.45) is 16.2. The molecule has 0 aliphatic rings. The molecule has 8 aromatic heterocycles. The molecule has 0 amide bonds. The average Bonchev–Trinajstić information content (AvgIpc) is 1.58. The number of benzene rings is 14. The van der Waals surface area contributed by atoms with Gasteiger partial charge in [-0.25, -0.2) is 49.0 Å². The van der Waals surface area contributed by atoms with Crippen LogP contribution in [-0.4, -0.2) is 18.3 Å². The molecule has 0 unspecified atom stereocenters. The Kier molecular flexibility index (Phi) is 22.5. The van der Waals surface area contributed by atoms with Crippen LogP contribution in [0.3, 0.4) is 0 Å². The molecule has 8 heterocycles. The number of aromatic nitrogens is 8. The van der Waals surface area contributed by atoms with Crippen LogP contribution in [0, 0.1) is 68.4 Å². The Morgan fingerprint density at radius 2 is 0.591 bits per heavy atom. The van der Waals surface area contributed by atoms with Crippen LogP contribution in [0.2, 0.25) is 0 Å². The predicted molar refractivity (Wildman–Crippen MR) is 510 cm³/mol. The molecule has 656 valence electrons. The fraction of sp³-hybridized carbons (Fsp3) is 0.150. The van der Waals surface area contributed by atoms with Crippen LogP contribution < -0.4 is 18.3 Å². The van der Waals surface area contributed by atoms with E-state index in [-0.39, 0.29) is 22.6 Å². The number of rotatable bonds is 13. The van der Waals surface area contributed by atoms with Gasteiger partial charge in [-0.2, -0.15) is 18.3 Å². The summed E-state index contributed by atoms with van der Waals surface area (Å²) < 4.78 is 141. The maximum absolute atomic E-state index is 14.8. The number of aryl methyl sites for hydroxylation is 8. The maximum Gasteiger partial charge on any atom is 0.298 e. The number of fused-ring (bicyclic) bond motifs is 12. The third-order valence-electron chi connectivity index (χ3n) is 25.2. The first-order chi connectivity index (χ1) is 63.7. The van der Waals surface area contributed by atoms with E-state index in [1.807, 2.05) is 173 Å². The average molecular weight is 1760 g/mol. The summed E-state index contributed by atoms with van der Waals surface area (Å²) in [5.41, 5.74) is 23.8. The maximum atomic E-state index is 14.8. The quantitative estimate of drug-likeness (QED) is 0.0850. The topological polar surface area (TPSA) is 87.8 Å². The number of para-hydroxylation sites is 4. The molecular formula is C113H95F7N8O4+4. The lowest BCUT2D eigenvalue weighted by atomic mass is 9.92. The largest absolute Gasteiger partial charge is 0.455 e. The Balaban J connectivity index is 0.000000114. The van der Waals surface area contributed by atoms with E-state index < -0.39 is 34.9 Å². The Bertz CT molecular complexity index is 8180. The molecule has 0 bridgehead atoms. The van der Waals surface area contributed by atoms with Crippen molar-refractivity contribution in [3.63, 3.8) is 0 Å². The summed E-state index contributed by atoms with van der Waals surface area (Å²) in [5, 5.41) is 4.71. The van der Waals surface area contributed by atoms with Crippen molar-refractivity contribution in [1.82, 2.24) is 18.3 Å². The highest BCUT2D eigenvalue weighted by molar-refractivity contribution is 6.13. The molecule has 132 heavy (non-hydrogen) atoms. The summed E-state index contributed by atoms with van der Waals surface area (Å²) in [7, 11) is 7.99. The van der Waals surface area contributed by atoms with Gasteiger partial charge in [0.15, 0.2) is 22.3 Å². The van der Waals surface area contributed by atoms with E-state index in [2.05, 4.69) is 211 Å². The minimum Gasteiger partial charge on any atom is -0.455 e. The van der Waals surface area contributed by atoms with E-state index in [0.717, 1.165) is 147 Å². The zero-order chi connectivity index (χ0) is 92.1. The van der Waals surface area contributed by atoms with Crippen molar-refractivity contribution in [2.24, 2.45) is 28.2 Å². The summed E-state index contributed by atoms with van der Waals surface area (Å²) >= 11 is 0. The van der Waals surface area contributed by atoms with Gasteiger partial charge in [-0.3, -0.25) is 0 Å². The van der Waals surface area contributed by atoms with Crippen molar-refractivity contribution in [3.05, 3.63) is 384 Å². The first-order valence-electron chi connectivity index (χ1n) is 44.0. The fourth-order valence-electron chi connectivity index (χ4n) is 18.9. The van der Waals surface area contributed by atoms with Crippen LogP contribution in [0.15, 0.2) is 322 Å². The van der Waals surface area contributed by atoms with Crippen LogP contribution in [0.5, 0.6) is 0 Å². The van der Waals surface area contributed by atoms with Crippen LogP contribution in [-0.2, 0) is 28.2 Å². The van der Waals surface area contributed by atoms with Gasteiger partial charge in [0.05, 0.1) is 44.3 Å². The SMILES string of the molecule is Cc1ccc2c(oc3cc(F)cc(F)c32)c1-c1n(-c2c(C(C)C)cccc2C(C)C)cc[n+]1C.Cc1ccc2c(oc3cc(F)cc(F)c32)c1-c1n(-c2ccccc2)cc[n+]1C.Cc1ccc2c(oc3cc(F)cc(F)c32)c1-c1n(-c2ccccc2C(C)C)cc[n+]1C.Cc1ccc2c(oc3cc(F)ccc32)c1-c1n(-c2c(-c3ccccc3)cccc2-c2ccccc2)cc[n+]1C. The van der Waals surface area contributed by atoms with Gasteiger partial charge in [-0.15, -0.1) is 0 Å². The number of halogens is 7. The van der Waals surface area contributed by atoms with Gasteiger partial charge in [-0.05, 0) is 109 Å². The second-order valence-electron chi connectivity index (χ2n) is 34.9. The Morgan fingerprint density at radius 1 is 0.273 bits per heavy atom. The van der Waals surface area contributed by atoms with Gasteiger partial charge in [0.25, 0.3) is 23.3 Å². The molecule has 0 aliphatic carbocycles. The molecule has 0 aliphatic heterocycles. The standard InChI is InChI=1S/C35H26FN2O.C29H29F2N2O.C26H23F2N2O.C23H17F2N2O/c1-23-16-18-30-29-19-17-26(36)22-31(29)39-34(30)32(23)35-37(2)20-21-38(35)33-27(24-10-5-3-6-11-24)14-9-15-28(33)25-12-7-4-8-13-25;1-16(2)20-8-7-9-21(17(3)4)27(20)33-13-12-32(6)29(33)25-18(5)10-11-22-26-23(31)14-19(30)15-24(26)34-28(22)25;1-15(2)18-7-5-6-8-21(18)30-12-11-29(4)26(30)23-16(3)9-10-19-24-20(28)13-17(27)14-22(24)31-25(19)23;1-14-8-9-17-21-18(25)12-15(24)13-19(21)28-22(17)20(14)23-26(2)10-11-27(23)16-6-4-3-5-7-16/h3-22H,1-2H3;7-17H,1-6H3;5-15H,1-4H3;3-13H,1-2H3/q4*+1. The smallest absolute Gasteiger partial charge is 0.298 e. The summed E-state index contributed by atoms with van der Waals surface area (Å²) in [4.78, 5) is 0. The van der Waals surface area contributed by atoms with Crippen molar-refractivity contribution < 1.29 is 66.7 Å². The highest BCUT2D eigenvalue weighted by atomic mass is 19.2. The lowest BCUT2D eigenvalue weighted by Gasteiger charge is -2.18. The van der Waals surface area contributed by atoms with E-state index in [1.54, 1.807) is 6.07 Å². The second-order valence-corrected chi connectivity index (χ2v) is 34.9. The van der Waals surface area contributed by atoms with Gasteiger partial charge in [0.2, 0.25) is 0 Å². The molecule has 12 nitrogen and oxygen atoms in total. The van der Waals surface area contributed by atoms with Crippen LogP contribution in [0.1, 0.15) is 98.2 Å². The number of hydrogen-bond donors (Lipinski definition) is 0. The molecular weight excluding hydrogens is 1670 g/mol. The number of furan rings is 4. The zero-order valence-electron chi connectivity index (χ0n) is 75.5. The Morgan fingerprint density at radius 3 is 1.02 bits per heavy atom. The molecule has 22 rings (SSSR count). The molecule has 22 aromatic rings. The molecule has 14 aromatic carbocycles. The summed E-state index contributed by atoms with van der Waals surface area (Å²) in [5.74, 6) is 0.613. The van der Waals surface area contributed by atoms with Gasteiger partial charge in [0, 0.05) is 97.2 Å². The number of nitrogens with zero attached hydrogens (tertiary/aromatic N) is 8. The van der Waals surface area contributed by atoms with Crippen molar-refractivity contribution in [2.75, 3.05) is 0 Å². The molecule has 0 saturated carbocycles. The monoisotopic (exact) mass is 1760 g/mol. The summed E-state index contributed by atoms with van der Waals surface area (Å²) in [6, 6.07) is 79.0. The zero-order valence-corrected chi connectivity index (χ0v) is 75.5. The molecule has 0 N–H and O–H groups in total.